The summed E-state index contributed by atoms with van der Waals surface area (Å²) >= 11 is 0. The van der Waals surface area contributed by atoms with E-state index in [2.05, 4.69) is 4.98 Å². The normalized spacial score (nSPS) is 15.6. The Kier molecular flexibility index (Phi) is 5.85. The first-order valence-electron chi connectivity index (χ1n) is 9.20. The predicted octanol–water partition coefficient (Wildman–Crippen LogP) is 3.95. The molecule has 1 amide bonds. The zero-order valence-corrected chi connectivity index (χ0v) is 15.7. The number of hydrogen-bond donors (Lipinski definition) is 1. The van der Waals surface area contributed by atoms with E-state index in [0.717, 1.165) is 6.07 Å². The van der Waals surface area contributed by atoms with Gasteiger partial charge in [-0.2, -0.15) is 26.3 Å². The molecule has 0 atom stereocenters. The molecule has 2 aromatic rings. The molecule has 0 saturated carbocycles. The molecule has 2 heterocycles. The fraction of sp³-hybridized carbons (Fsp3) is 0.474. The zero-order valence-electron chi connectivity index (χ0n) is 15.7. The van der Waals surface area contributed by atoms with Crippen molar-refractivity contribution in [2.75, 3.05) is 11.4 Å². The molecule has 11 heteroatoms. The summed E-state index contributed by atoms with van der Waals surface area (Å²) in [5, 5.41) is 9.65. The molecule has 1 aromatic heterocycles. The number of rotatable bonds is 4. The fourth-order valence-electron chi connectivity index (χ4n) is 3.51. The Balaban J connectivity index is 1.94. The molecule has 1 N–H and O–H groups in total. The SMILES string of the molecule is O=C(CCn1ccnc1)N1CCCCc2cc(C(O)(C(F)(F)F)C(F)(F)F)ccc21. The molecule has 30 heavy (non-hydrogen) atoms. The maximum Gasteiger partial charge on any atom is 0.430 e. The van der Waals surface area contributed by atoms with Crippen molar-refractivity contribution in [2.24, 2.45) is 0 Å². The van der Waals surface area contributed by atoms with Crippen LogP contribution < -0.4 is 4.90 Å². The number of carbonyl (C=O) groups is 1. The lowest BCUT2D eigenvalue weighted by Gasteiger charge is -2.33. The maximum atomic E-state index is 13.2. The number of aliphatic hydroxyl groups is 1. The van der Waals surface area contributed by atoms with Gasteiger partial charge < -0.3 is 14.6 Å². The number of aromatic nitrogens is 2. The molecule has 0 unspecified atom stereocenters. The van der Waals surface area contributed by atoms with Crippen LogP contribution in [0.5, 0.6) is 0 Å². The van der Waals surface area contributed by atoms with Crippen LogP contribution in [0.3, 0.4) is 0 Å². The number of alkyl halides is 6. The Morgan fingerprint density at radius 2 is 1.80 bits per heavy atom. The molecule has 0 spiro atoms. The number of carbonyl (C=O) groups excluding carboxylic acids is 1. The predicted molar refractivity (Wildman–Crippen MR) is 94.6 cm³/mol. The largest absolute Gasteiger partial charge is 0.430 e. The van der Waals surface area contributed by atoms with Gasteiger partial charge in [0.1, 0.15) is 0 Å². The van der Waals surface area contributed by atoms with Crippen molar-refractivity contribution >= 4 is 11.6 Å². The molecule has 0 radical (unpaired) electrons. The van der Waals surface area contributed by atoms with Crippen molar-refractivity contribution in [3.63, 3.8) is 0 Å². The van der Waals surface area contributed by atoms with E-state index in [1.165, 1.54) is 11.2 Å². The van der Waals surface area contributed by atoms with Crippen LogP contribution in [0.1, 0.15) is 30.4 Å². The Hall–Kier alpha value is -2.56. The van der Waals surface area contributed by atoms with Crippen LogP contribution in [-0.4, -0.2) is 39.5 Å². The van der Waals surface area contributed by atoms with E-state index in [-0.39, 0.29) is 30.0 Å². The lowest BCUT2D eigenvalue weighted by atomic mass is 9.89. The topological polar surface area (TPSA) is 58.4 Å². The maximum absolute atomic E-state index is 13.2. The van der Waals surface area contributed by atoms with Crippen LogP contribution in [0.2, 0.25) is 0 Å². The van der Waals surface area contributed by atoms with Crippen molar-refractivity contribution in [3.05, 3.63) is 48.0 Å². The van der Waals surface area contributed by atoms with Crippen molar-refractivity contribution in [3.8, 4) is 0 Å². The number of nitrogens with zero attached hydrogens (tertiary/aromatic N) is 3. The third-order valence-corrected chi connectivity index (χ3v) is 5.13. The second-order valence-electron chi connectivity index (χ2n) is 7.10. The van der Waals surface area contributed by atoms with Gasteiger partial charge in [0.15, 0.2) is 0 Å². The van der Waals surface area contributed by atoms with Crippen molar-refractivity contribution in [1.29, 1.82) is 0 Å². The smallest absolute Gasteiger partial charge is 0.369 e. The van der Waals surface area contributed by atoms with E-state index in [1.807, 2.05) is 0 Å². The van der Waals surface area contributed by atoms with Crippen LogP contribution in [0.15, 0.2) is 36.9 Å². The van der Waals surface area contributed by atoms with Gasteiger partial charge in [0.2, 0.25) is 5.91 Å². The van der Waals surface area contributed by atoms with Crippen LogP contribution in [0, 0.1) is 0 Å². The summed E-state index contributed by atoms with van der Waals surface area (Å²) in [6.45, 7) is 0.641. The summed E-state index contributed by atoms with van der Waals surface area (Å²) in [5.41, 5.74) is -5.88. The minimum absolute atomic E-state index is 0.0899. The Labute approximate surface area is 167 Å². The van der Waals surface area contributed by atoms with E-state index in [9.17, 15) is 36.2 Å². The summed E-state index contributed by atoms with van der Waals surface area (Å²) in [6.07, 6.45) is -5.84. The average Bonchev–Trinajstić information content (AvgIpc) is 3.08. The third kappa shape index (κ3) is 4.03. The molecule has 164 valence electrons. The lowest BCUT2D eigenvalue weighted by Crippen LogP contribution is -2.54. The van der Waals surface area contributed by atoms with Gasteiger partial charge in [-0.05, 0) is 30.9 Å². The summed E-state index contributed by atoms with van der Waals surface area (Å²) in [7, 11) is 0. The van der Waals surface area contributed by atoms with Crippen LogP contribution >= 0.6 is 0 Å². The average molecular weight is 435 g/mol. The molecule has 0 bridgehead atoms. The highest BCUT2D eigenvalue weighted by molar-refractivity contribution is 5.94. The molecular formula is C19H19F6N3O2. The lowest BCUT2D eigenvalue weighted by molar-refractivity contribution is -0.376. The van der Waals surface area contributed by atoms with Crippen LogP contribution in [-0.2, 0) is 23.4 Å². The van der Waals surface area contributed by atoms with Crippen LogP contribution in [0.4, 0.5) is 32.0 Å². The fourth-order valence-corrected chi connectivity index (χ4v) is 3.51. The highest BCUT2D eigenvalue weighted by Gasteiger charge is 2.71. The second kappa shape index (κ2) is 7.93. The summed E-state index contributed by atoms with van der Waals surface area (Å²) in [4.78, 5) is 17.9. The minimum Gasteiger partial charge on any atom is -0.369 e. The van der Waals surface area contributed by atoms with Gasteiger partial charge in [0, 0.05) is 43.2 Å². The van der Waals surface area contributed by atoms with Gasteiger partial charge in [0.05, 0.1) is 6.33 Å². The molecule has 0 aliphatic carbocycles. The highest BCUT2D eigenvalue weighted by atomic mass is 19.4. The van der Waals surface area contributed by atoms with E-state index in [4.69, 9.17) is 0 Å². The van der Waals surface area contributed by atoms with Gasteiger partial charge in [-0.15, -0.1) is 0 Å². The van der Waals surface area contributed by atoms with Gasteiger partial charge in [-0.1, -0.05) is 12.1 Å². The van der Waals surface area contributed by atoms with E-state index in [1.54, 1.807) is 17.0 Å². The van der Waals surface area contributed by atoms with E-state index in [0.29, 0.717) is 38.1 Å². The second-order valence-corrected chi connectivity index (χ2v) is 7.10. The number of fused-ring (bicyclic) bond motifs is 1. The van der Waals surface area contributed by atoms with E-state index >= 15 is 0 Å². The number of amides is 1. The highest BCUT2D eigenvalue weighted by Crippen LogP contribution is 2.50. The standard InChI is InChI=1S/C19H19F6N3O2/c20-18(21,22)17(30,19(23,24)25)14-4-5-15-13(11-14)3-1-2-8-28(15)16(29)6-9-27-10-7-26-12-27/h4-5,7,10-12,30H,1-3,6,8-9H2. The monoisotopic (exact) mass is 435 g/mol. The van der Waals surface area contributed by atoms with E-state index < -0.39 is 23.5 Å². The van der Waals surface area contributed by atoms with Gasteiger partial charge in [-0.25, -0.2) is 4.98 Å². The molecule has 5 nitrogen and oxygen atoms in total. The number of halogens is 6. The number of hydrogen-bond acceptors (Lipinski definition) is 3. The molecule has 0 fully saturated rings. The Bertz CT molecular complexity index is 879. The number of aryl methyl sites for hydroxylation is 2. The van der Waals surface area contributed by atoms with Gasteiger partial charge in [-0.3, -0.25) is 4.79 Å². The minimum atomic E-state index is -5.95. The Morgan fingerprint density at radius 1 is 1.10 bits per heavy atom. The first-order chi connectivity index (χ1) is 13.9. The Morgan fingerprint density at radius 3 is 2.40 bits per heavy atom. The van der Waals surface area contributed by atoms with Crippen molar-refractivity contribution in [2.45, 2.75) is 50.2 Å². The molecule has 1 aliphatic heterocycles. The quantitative estimate of drug-likeness (QED) is 0.740. The van der Waals surface area contributed by atoms with Crippen molar-refractivity contribution < 1.29 is 36.2 Å². The zero-order chi connectivity index (χ0) is 22.2. The molecular weight excluding hydrogens is 416 g/mol. The molecule has 0 saturated heterocycles. The first kappa shape index (κ1) is 22.1. The summed E-state index contributed by atoms with van der Waals surface area (Å²) in [5.74, 6) is -0.304. The van der Waals surface area contributed by atoms with Gasteiger partial charge in [0.25, 0.3) is 5.60 Å². The van der Waals surface area contributed by atoms with Crippen LogP contribution in [0.25, 0.3) is 0 Å². The molecule has 3 rings (SSSR count). The molecule has 1 aliphatic rings. The number of anilines is 1. The number of benzene rings is 1. The van der Waals surface area contributed by atoms with Crippen molar-refractivity contribution in [1.82, 2.24) is 9.55 Å². The summed E-state index contributed by atoms with van der Waals surface area (Å²) < 4.78 is 80.9. The van der Waals surface area contributed by atoms with Gasteiger partial charge >= 0.3 is 12.4 Å². The molecule has 1 aromatic carbocycles. The first-order valence-corrected chi connectivity index (χ1v) is 9.20. The summed E-state index contributed by atoms with van der Waals surface area (Å²) in [6, 6.07) is 2.34. The number of imidazole rings is 1. The third-order valence-electron chi connectivity index (χ3n) is 5.13.